The quantitative estimate of drug-likeness (QED) is 0.713. The molecular formula is C10H12F2N2. The van der Waals surface area contributed by atoms with Crippen molar-refractivity contribution < 1.29 is 8.78 Å². The number of anilines is 1. The Morgan fingerprint density at radius 2 is 1.93 bits per heavy atom. The topological polar surface area (TPSA) is 52.0 Å². The van der Waals surface area contributed by atoms with Crippen LogP contribution in [0.2, 0.25) is 0 Å². The first-order valence-electron chi connectivity index (χ1n) is 4.59. The van der Waals surface area contributed by atoms with E-state index < -0.39 is 17.7 Å². The Balaban J connectivity index is 2.39. The summed E-state index contributed by atoms with van der Waals surface area (Å²) in [4.78, 5) is 0. The maximum atomic E-state index is 13.3. The van der Waals surface area contributed by atoms with Gasteiger partial charge >= 0.3 is 0 Å². The van der Waals surface area contributed by atoms with Gasteiger partial charge in [0.25, 0.3) is 0 Å². The SMILES string of the molecule is Nc1cc(F)c(F)c([C@H](N)C2CC2)c1. The van der Waals surface area contributed by atoms with Crippen LogP contribution in [0.3, 0.4) is 0 Å². The minimum atomic E-state index is -0.920. The molecule has 0 bridgehead atoms. The number of nitrogens with two attached hydrogens (primary N) is 2. The van der Waals surface area contributed by atoms with Crippen molar-refractivity contribution >= 4 is 5.69 Å². The summed E-state index contributed by atoms with van der Waals surface area (Å²) in [7, 11) is 0. The fourth-order valence-corrected chi connectivity index (χ4v) is 1.58. The number of benzene rings is 1. The molecule has 1 saturated carbocycles. The van der Waals surface area contributed by atoms with Gasteiger partial charge in [-0.2, -0.15) is 0 Å². The molecule has 0 saturated heterocycles. The van der Waals surface area contributed by atoms with E-state index in [-0.39, 0.29) is 17.2 Å². The van der Waals surface area contributed by atoms with Crippen molar-refractivity contribution in [1.82, 2.24) is 0 Å². The molecule has 2 rings (SSSR count). The van der Waals surface area contributed by atoms with Crippen molar-refractivity contribution in [2.75, 3.05) is 5.73 Å². The van der Waals surface area contributed by atoms with Crippen LogP contribution >= 0.6 is 0 Å². The van der Waals surface area contributed by atoms with Gasteiger partial charge in [-0.05, 0) is 30.9 Å². The summed E-state index contributed by atoms with van der Waals surface area (Å²) < 4.78 is 26.3. The molecule has 1 aromatic rings. The Morgan fingerprint density at radius 1 is 1.29 bits per heavy atom. The second kappa shape index (κ2) is 3.20. The summed E-state index contributed by atoms with van der Waals surface area (Å²) in [5.41, 5.74) is 11.6. The van der Waals surface area contributed by atoms with E-state index in [1.165, 1.54) is 6.07 Å². The van der Waals surface area contributed by atoms with E-state index in [1.54, 1.807) is 0 Å². The van der Waals surface area contributed by atoms with Crippen molar-refractivity contribution in [3.05, 3.63) is 29.3 Å². The van der Waals surface area contributed by atoms with Crippen LogP contribution < -0.4 is 11.5 Å². The van der Waals surface area contributed by atoms with Crippen LogP contribution in [0.1, 0.15) is 24.4 Å². The maximum Gasteiger partial charge on any atom is 0.163 e. The standard InChI is InChI=1S/C10H12F2N2/c11-8-4-6(13)3-7(9(8)12)10(14)5-1-2-5/h3-5,10H,1-2,13-14H2/t10-/m1/s1. The Bertz CT molecular complexity index is 361. The monoisotopic (exact) mass is 198 g/mol. The molecule has 0 spiro atoms. The van der Waals surface area contributed by atoms with Crippen molar-refractivity contribution in [1.29, 1.82) is 0 Å². The predicted molar refractivity (Wildman–Crippen MR) is 50.4 cm³/mol. The zero-order valence-electron chi connectivity index (χ0n) is 7.63. The van der Waals surface area contributed by atoms with Gasteiger partial charge in [-0.1, -0.05) is 0 Å². The summed E-state index contributed by atoms with van der Waals surface area (Å²) in [6, 6.07) is 1.97. The lowest BCUT2D eigenvalue weighted by atomic mass is 10.0. The largest absolute Gasteiger partial charge is 0.399 e. The van der Waals surface area contributed by atoms with Gasteiger partial charge in [0.1, 0.15) is 0 Å². The number of halogens is 2. The third-order valence-corrected chi connectivity index (χ3v) is 2.57. The minimum Gasteiger partial charge on any atom is -0.399 e. The highest BCUT2D eigenvalue weighted by Crippen LogP contribution is 2.40. The van der Waals surface area contributed by atoms with Gasteiger partial charge < -0.3 is 11.5 Å². The van der Waals surface area contributed by atoms with Crippen LogP contribution in [0.5, 0.6) is 0 Å². The second-order valence-corrected chi connectivity index (χ2v) is 3.77. The van der Waals surface area contributed by atoms with E-state index in [2.05, 4.69) is 0 Å². The molecule has 4 N–H and O–H groups in total. The lowest BCUT2D eigenvalue weighted by molar-refractivity contribution is 0.480. The maximum absolute atomic E-state index is 13.3. The molecule has 0 heterocycles. The lowest BCUT2D eigenvalue weighted by Crippen LogP contribution is -2.15. The van der Waals surface area contributed by atoms with Crippen molar-refractivity contribution in [3.8, 4) is 0 Å². The van der Waals surface area contributed by atoms with Crippen LogP contribution in [-0.2, 0) is 0 Å². The number of hydrogen-bond acceptors (Lipinski definition) is 2. The zero-order chi connectivity index (χ0) is 10.3. The molecule has 2 nitrogen and oxygen atoms in total. The normalized spacial score (nSPS) is 18.2. The Morgan fingerprint density at radius 3 is 2.50 bits per heavy atom. The van der Waals surface area contributed by atoms with Crippen LogP contribution in [0.25, 0.3) is 0 Å². The molecule has 1 aliphatic rings. The van der Waals surface area contributed by atoms with Crippen molar-refractivity contribution in [2.45, 2.75) is 18.9 Å². The van der Waals surface area contributed by atoms with Gasteiger partial charge in [-0.25, -0.2) is 8.78 Å². The number of nitrogen functional groups attached to an aromatic ring is 1. The van der Waals surface area contributed by atoms with Crippen LogP contribution in [0, 0.1) is 17.6 Å². The fourth-order valence-electron chi connectivity index (χ4n) is 1.58. The molecule has 4 heteroatoms. The Kier molecular flexibility index (Phi) is 2.15. The van der Waals surface area contributed by atoms with Gasteiger partial charge in [-0.15, -0.1) is 0 Å². The highest BCUT2D eigenvalue weighted by Gasteiger charge is 2.31. The Labute approximate surface area is 80.9 Å². The first-order valence-corrected chi connectivity index (χ1v) is 4.59. The molecule has 0 unspecified atom stereocenters. The second-order valence-electron chi connectivity index (χ2n) is 3.77. The van der Waals surface area contributed by atoms with E-state index in [9.17, 15) is 8.78 Å². The average molecular weight is 198 g/mol. The smallest absolute Gasteiger partial charge is 0.163 e. The van der Waals surface area contributed by atoms with E-state index in [1.807, 2.05) is 0 Å². The molecule has 76 valence electrons. The number of hydrogen-bond donors (Lipinski definition) is 2. The summed E-state index contributed by atoms with van der Waals surface area (Å²) in [5.74, 6) is -1.50. The molecule has 1 aromatic carbocycles. The van der Waals surface area contributed by atoms with E-state index >= 15 is 0 Å². The molecule has 0 amide bonds. The van der Waals surface area contributed by atoms with Gasteiger partial charge in [0, 0.05) is 17.3 Å². The third kappa shape index (κ3) is 1.57. The van der Waals surface area contributed by atoms with E-state index in [0.29, 0.717) is 0 Å². The summed E-state index contributed by atoms with van der Waals surface area (Å²) in [5, 5.41) is 0. The number of rotatable bonds is 2. The first-order chi connectivity index (χ1) is 6.59. The van der Waals surface area contributed by atoms with Gasteiger partial charge in [0.15, 0.2) is 11.6 Å². The van der Waals surface area contributed by atoms with E-state index in [0.717, 1.165) is 18.9 Å². The fraction of sp³-hybridized carbons (Fsp3) is 0.400. The predicted octanol–water partition coefficient (Wildman–Crippen LogP) is 1.96. The summed E-state index contributed by atoms with van der Waals surface area (Å²) in [6.45, 7) is 0. The van der Waals surface area contributed by atoms with Crippen LogP contribution in [0.15, 0.2) is 12.1 Å². The van der Waals surface area contributed by atoms with Gasteiger partial charge in [0.2, 0.25) is 0 Å². The molecular weight excluding hydrogens is 186 g/mol. The van der Waals surface area contributed by atoms with E-state index in [4.69, 9.17) is 11.5 Å². The molecule has 1 aliphatic carbocycles. The summed E-state index contributed by atoms with van der Waals surface area (Å²) in [6.07, 6.45) is 1.97. The van der Waals surface area contributed by atoms with Gasteiger partial charge in [0.05, 0.1) is 0 Å². The molecule has 1 atom stereocenters. The van der Waals surface area contributed by atoms with Gasteiger partial charge in [-0.3, -0.25) is 0 Å². The third-order valence-electron chi connectivity index (χ3n) is 2.57. The highest BCUT2D eigenvalue weighted by atomic mass is 19.2. The lowest BCUT2D eigenvalue weighted by Gasteiger charge is -2.12. The first kappa shape index (κ1) is 9.40. The average Bonchev–Trinajstić information content (AvgIpc) is 2.93. The summed E-state index contributed by atoms with van der Waals surface area (Å²) >= 11 is 0. The van der Waals surface area contributed by atoms with Crippen molar-refractivity contribution in [2.24, 2.45) is 11.7 Å². The van der Waals surface area contributed by atoms with Crippen LogP contribution in [0.4, 0.5) is 14.5 Å². The molecule has 14 heavy (non-hydrogen) atoms. The molecule has 0 aliphatic heterocycles. The molecule has 0 aromatic heterocycles. The highest BCUT2D eigenvalue weighted by molar-refractivity contribution is 5.43. The molecule has 0 radical (unpaired) electrons. The zero-order valence-corrected chi connectivity index (χ0v) is 7.63. The minimum absolute atomic E-state index is 0.199. The molecule has 1 fully saturated rings. The van der Waals surface area contributed by atoms with Crippen molar-refractivity contribution in [3.63, 3.8) is 0 Å². The Hall–Kier alpha value is -1.16. The van der Waals surface area contributed by atoms with Crippen LogP contribution in [-0.4, -0.2) is 0 Å².